The molecule has 0 bridgehead atoms. The van der Waals surface area contributed by atoms with E-state index in [0.717, 1.165) is 21.1 Å². The molecule has 1 N–H and O–H groups in total. The number of halogens is 3. The molecule has 1 heterocycles. The fourth-order valence-corrected chi connectivity index (χ4v) is 4.07. The molecule has 2 rings (SSSR count). The highest BCUT2D eigenvalue weighted by molar-refractivity contribution is 9.10. The van der Waals surface area contributed by atoms with Crippen LogP contribution in [0.1, 0.15) is 23.4 Å². The third-order valence-electron chi connectivity index (χ3n) is 2.59. The summed E-state index contributed by atoms with van der Waals surface area (Å²) >= 11 is 8.67. The van der Waals surface area contributed by atoms with E-state index in [4.69, 9.17) is 0 Å². The van der Waals surface area contributed by atoms with Gasteiger partial charge in [0.15, 0.2) is 0 Å². The van der Waals surface area contributed by atoms with E-state index in [2.05, 4.69) is 44.1 Å². The van der Waals surface area contributed by atoms with Crippen molar-refractivity contribution in [1.29, 1.82) is 0 Å². The van der Waals surface area contributed by atoms with Crippen LogP contribution in [-0.4, -0.2) is 6.54 Å². The Morgan fingerprint density at radius 3 is 2.61 bits per heavy atom. The van der Waals surface area contributed by atoms with E-state index in [1.807, 2.05) is 17.5 Å². The summed E-state index contributed by atoms with van der Waals surface area (Å²) in [7, 11) is 0. The second kappa shape index (κ2) is 6.28. The number of hydrogen-bond donors (Lipinski definition) is 1. The number of hydrogen-bond acceptors (Lipinski definition) is 2. The van der Waals surface area contributed by atoms with Gasteiger partial charge in [0.2, 0.25) is 0 Å². The lowest BCUT2D eigenvalue weighted by molar-refractivity contribution is 0.614. The molecule has 0 aliphatic rings. The van der Waals surface area contributed by atoms with E-state index in [0.29, 0.717) is 0 Å². The summed E-state index contributed by atoms with van der Waals surface area (Å²) in [5.41, 5.74) is 1.04. The molecule has 0 saturated carbocycles. The van der Waals surface area contributed by atoms with Gasteiger partial charge < -0.3 is 5.32 Å². The molecule has 0 spiro atoms. The van der Waals surface area contributed by atoms with E-state index < -0.39 is 0 Å². The predicted molar refractivity (Wildman–Crippen MR) is 81.6 cm³/mol. The Bertz CT molecular complexity index is 542. The highest BCUT2D eigenvalue weighted by Crippen LogP contribution is 2.36. The van der Waals surface area contributed by atoms with Crippen LogP contribution in [0.15, 0.2) is 38.6 Å². The molecule has 1 unspecified atom stereocenters. The van der Waals surface area contributed by atoms with Crippen molar-refractivity contribution in [3.63, 3.8) is 0 Å². The second-order valence-electron chi connectivity index (χ2n) is 3.79. The van der Waals surface area contributed by atoms with Crippen molar-refractivity contribution < 1.29 is 4.39 Å². The maximum atomic E-state index is 13.2. The third kappa shape index (κ3) is 3.02. The zero-order chi connectivity index (χ0) is 13.1. The quantitative estimate of drug-likeness (QED) is 0.762. The molecule has 96 valence electrons. The highest BCUT2D eigenvalue weighted by atomic mass is 79.9. The van der Waals surface area contributed by atoms with E-state index in [1.54, 1.807) is 11.3 Å². The van der Waals surface area contributed by atoms with Gasteiger partial charge in [-0.1, -0.05) is 28.9 Å². The smallest absolute Gasteiger partial charge is 0.124 e. The van der Waals surface area contributed by atoms with Gasteiger partial charge in [-0.2, -0.15) is 0 Å². The molecule has 0 fully saturated rings. The van der Waals surface area contributed by atoms with Crippen molar-refractivity contribution >= 4 is 43.2 Å². The average molecular weight is 393 g/mol. The molecular formula is C13H12Br2FNS. The molecule has 0 amide bonds. The Morgan fingerprint density at radius 2 is 2.06 bits per heavy atom. The van der Waals surface area contributed by atoms with Crippen LogP contribution in [0.5, 0.6) is 0 Å². The molecule has 0 saturated heterocycles. The summed E-state index contributed by atoms with van der Waals surface area (Å²) in [6.45, 7) is 2.91. The van der Waals surface area contributed by atoms with Crippen molar-refractivity contribution in [2.45, 2.75) is 13.0 Å². The zero-order valence-electron chi connectivity index (χ0n) is 9.71. The molecule has 18 heavy (non-hydrogen) atoms. The van der Waals surface area contributed by atoms with Crippen LogP contribution in [0.25, 0.3) is 0 Å². The van der Waals surface area contributed by atoms with Crippen LogP contribution in [0, 0.1) is 5.82 Å². The predicted octanol–water partition coefficient (Wildman–Crippen LogP) is 5.11. The Kier molecular flexibility index (Phi) is 4.95. The second-order valence-corrected chi connectivity index (χ2v) is 6.45. The lowest BCUT2D eigenvalue weighted by Gasteiger charge is -2.19. The molecule has 1 nitrogen and oxygen atoms in total. The molecular weight excluding hydrogens is 381 g/mol. The molecule has 0 aliphatic heterocycles. The van der Waals surface area contributed by atoms with Crippen molar-refractivity contribution in [1.82, 2.24) is 5.32 Å². The van der Waals surface area contributed by atoms with Gasteiger partial charge in [0, 0.05) is 13.8 Å². The fraction of sp³-hybridized carbons (Fsp3) is 0.231. The Hall–Kier alpha value is -0.230. The van der Waals surface area contributed by atoms with Gasteiger partial charge in [-0.25, -0.2) is 4.39 Å². The number of rotatable bonds is 4. The van der Waals surface area contributed by atoms with Gasteiger partial charge in [-0.3, -0.25) is 0 Å². The van der Waals surface area contributed by atoms with Crippen LogP contribution in [-0.2, 0) is 0 Å². The van der Waals surface area contributed by atoms with E-state index in [-0.39, 0.29) is 11.9 Å². The summed E-state index contributed by atoms with van der Waals surface area (Å²) in [5, 5.41) is 5.47. The first-order valence-electron chi connectivity index (χ1n) is 5.54. The van der Waals surface area contributed by atoms with Gasteiger partial charge in [0.1, 0.15) is 5.82 Å². The van der Waals surface area contributed by atoms with Gasteiger partial charge in [0.05, 0.1) is 6.04 Å². The van der Waals surface area contributed by atoms with Crippen LogP contribution < -0.4 is 5.32 Å². The number of nitrogens with one attached hydrogen (secondary N) is 1. The number of benzene rings is 1. The normalized spacial score (nSPS) is 12.7. The molecule has 0 radical (unpaired) electrons. The van der Waals surface area contributed by atoms with Crippen molar-refractivity contribution in [2.75, 3.05) is 6.54 Å². The minimum absolute atomic E-state index is 0.0688. The summed E-state index contributed by atoms with van der Waals surface area (Å²) in [5.74, 6) is -0.230. The van der Waals surface area contributed by atoms with Crippen LogP contribution >= 0.6 is 43.2 Å². The monoisotopic (exact) mass is 391 g/mol. The molecule has 5 heteroatoms. The standard InChI is InChI=1S/C13H12Br2FNS/c1-2-17-12(13-10(14)5-6-18-13)9-4-3-8(16)7-11(9)15/h3-7,12,17H,2H2,1H3. The van der Waals surface area contributed by atoms with E-state index >= 15 is 0 Å². The zero-order valence-corrected chi connectivity index (χ0v) is 13.7. The molecule has 1 atom stereocenters. The Morgan fingerprint density at radius 1 is 1.28 bits per heavy atom. The lowest BCUT2D eigenvalue weighted by Crippen LogP contribution is -2.21. The van der Waals surface area contributed by atoms with Crippen LogP contribution in [0.2, 0.25) is 0 Å². The van der Waals surface area contributed by atoms with E-state index in [1.165, 1.54) is 17.0 Å². The minimum atomic E-state index is -0.230. The molecule has 0 aliphatic carbocycles. The van der Waals surface area contributed by atoms with E-state index in [9.17, 15) is 4.39 Å². The maximum absolute atomic E-state index is 13.2. The fourth-order valence-electron chi connectivity index (χ4n) is 1.80. The maximum Gasteiger partial charge on any atom is 0.124 e. The lowest BCUT2D eigenvalue weighted by atomic mass is 10.1. The third-order valence-corrected chi connectivity index (χ3v) is 5.21. The summed E-state index contributed by atoms with van der Waals surface area (Å²) in [6, 6.07) is 6.91. The molecule has 1 aromatic carbocycles. The van der Waals surface area contributed by atoms with Crippen LogP contribution in [0.4, 0.5) is 4.39 Å². The van der Waals surface area contributed by atoms with Crippen molar-refractivity contribution in [3.05, 3.63) is 54.8 Å². The SMILES string of the molecule is CCNC(c1ccc(F)cc1Br)c1sccc1Br. The largest absolute Gasteiger partial charge is 0.306 e. The Labute approximate surface area is 127 Å². The topological polar surface area (TPSA) is 12.0 Å². The van der Waals surface area contributed by atoms with Crippen molar-refractivity contribution in [2.24, 2.45) is 0 Å². The first kappa shape index (κ1) is 14.2. The van der Waals surface area contributed by atoms with Crippen LogP contribution in [0.3, 0.4) is 0 Å². The van der Waals surface area contributed by atoms with Gasteiger partial charge in [-0.05, 0) is 51.6 Å². The average Bonchev–Trinajstić information content (AvgIpc) is 2.73. The first-order chi connectivity index (χ1) is 8.63. The number of thiophene rings is 1. The van der Waals surface area contributed by atoms with Gasteiger partial charge in [0.25, 0.3) is 0 Å². The first-order valence-corrected chi connectivity index (χ1v) is 8.01. The van der Waals surface area contributed by atoms with Gasteiger partial charge in [-0.15, -0.1) is 11.3 Å². The summed E-state index contributed by atoms with van der Waals surface area (Å²) in [4.78, 5) is 1.20. The minimum Gasteiger partial charge on any atom is -0.306 e. The molecule has 1 aromatic heterocycles. The summed E-state index contributed by atoms with van der Waals surface area (Å²) < 4.78 is 15.0. The molecule has 2 aromatic rings. The van der Waals surface area contributed by atoms with Gasteiger partial charge >= 0.3 is 0 Å². The Balaban J connectivity index is 2.45. The highest BCUT2D eigenvalue weighted by Gasteiger charge is 2.19. The summed E-state index contributed by atoms with van der Waals surface area (Å²) in [6.07, 6.45) is 0. The van der Waals surface area contributed by atoms with Crippen molar-refractivity contribution in [3.8, 4) is 0 Å².